The SMILES string of the molecule is NC1CCN(CCCOc2ccc(C(=O)O)cc2)CC1. The van der Waals surface area contributed by atoms with Gasteiger partial charge in [-0.15, -0.1) is 0 Å². The normalized spacial score (nSPS) is 17.1. The molecule has 1 aromatic carbocycles. The number of carboxylic acids is 1. The summed E-state index contributed by atoms with van der Waals surface area (Å²) in [5.74, 6) is -0.199. The van der Waals surface area contributed by atoms with Crippen molar-refractivity contribution < 1.29 is 14.6 Å². The maximum Gasteiger partial charge on any atom is 0.335 e. The number of ether oxygens (including phenoxy) is 1. The molecule has 1 fully saturated rings. The van der Waals surface area contributed by atoms with Crippen LogP contribution in [-0.4, -0.2) is 48.3 Å². The van der Waals surface area contributed by atoms with E-state index in [4.69, 9.17) is 15.6 Å². The molecule has 0 bridgehead atoms. The fourth-order valence-electron chi connectivity index (χ4n) is 2.35. The molecule has 1 aliphatic heterocycles. The Morgan fingerprint density at radius 2 is 1.95 bits per heavy atom. The highest BCUT2D eigenvalue weighted by atomic mass is 16.5. The molecule has 0 aliphatic carbocycles. The Hall–Kier alpha value is -1.59. The van der Waals surface area contributed by atoms with Crippen molar-refractivity contribution in [3.63, 3.8) is 0 Å². The van der Waals surface area contributed by atoms with E-state index in [1.165, 1.54) is 0 Å². The summed E-state index contributed by atoms with van der Waals surface area (Å²) in [5.41, 5.74) is 6.15. The molecule has 20 heavy (non-hydrogen) atoms. The van der Waals surface area contributed by atoms with Crippen LogP contribution < -0.4 is 10.5 Å². The van der Waals surface area contributed by atoms with Gasteiger partial charge in [0.2, 0.25) is 0 Å². The number of aromatic carboxylic acids is 1. The van der Waals surface area contributed by atoms with Gasteiger partial charge >= 0.3 is 5.97 Å². The number of hydrogen-bond acceptors (Lipinski definition) is 4. The monoisotopic (exact) mass is 278 g/mol. The molecule has 0 spiro atoms. The highest BCUT2D eigenvalue weighted by Gasteiger charge is 2.15. The summed E-state index contributed by atoms with van der Waals surface area (Å²) in [6.45, 7) is 3.83. The molecule has 3 N–H and O–H groups in total. The van der Waals surface area contributed by atoms with E-state index >= 15 is 0 Å². The van der Waals surface area contributed by atoms with E-state index < -0.39 is 5.97 Å². The molecule has 1 aromatic rings. The third kappa shape index (κ3) is 4.51. The van der Waals surface area contributed by atoms with Crippen molar-refractivity contribution in [2.75, 3.05) is 26.2 Å². The van der Waals surface area contributed by atoms with Crippen LogP contribution in [0.3, 0.4) is 0 Å². The zero-order chi connectivity index (χ0) is 14.4. The Morgan fingerprint density at radius 1 is 1.30 bits per heavy atom. The number of piperidine rings is 1. The molecule has 1 heterocycles. The minimum Gasteiger partial charge on any atom is -0.494 e. The van der Waals surface area contributed by atoms with Gasteiger partial charge in [0.25, 0.3) is 0 Å². The molecule has 5 heteroatoms. The number of likely N-dealkylation sites (tertiary alicyclic amines) is 1. The van der Waals surface area contributed by atoms with E-state index in [0.717, 1.165) is 44.6 Å². The first-order chi connectivity index (χ1) is 9.65. The van der Waals surface area contributed by atoms with Gasteiger partial charge in [-0.25, -0.2) is 4.79 Å². The van der Waals surface area contributed by atoms with Gasteiger partial charge in [0.05, 0.1) is 12.2 Å². The minimum atomic E-state index is -0.917. The number of benzene rings is 1. The molecule has 0 atom stereocenters. The van der Waals surface area contributed by atoms with Crippen molar-refractivity contribution in [2.24, 2.45) is 5.73 Å². The fourth-order valence-corrected chi connectivity index (χ4v) is 2.35. The summed E-state index contributed by atoms with van der Waals surface area (Å²) in [7, 11) is 0. The lowest BCUT2D eigenvalue weighted by atomic mass is 10.1. The summed E-state index contributed by atoms with van der Waals surface area (Å²) in [4.78, 5) is 13.1. The van der Waals surface area contributed by atoms with Crippen molar-refractivity contribution in [3.8, 4) is 5.75 Å². The van der Waals surface area contributed by atoms with E-state index in [1.54, 1.807) is 24.3 Å². The van der Waals surface area contributed by atoms with Crippen molar-refractivity contribution in [1.82, 2.24) is 4.90 Å². The summed E-state index contributed by atoms with van der Waals surface area (Å²) in [6.07, 6.45) is 3.13. The quantitative estimate of drug-likeness (QED) is 0.773. The predicted molar refractivity (Wildman–Crippen MR) is 77.2 cm³/mol. The van der Waals surface area contributed by atoms with Crippen LogP contribution in [0.25, 0.3) is 0 Å². The molecular formula is C15H22N2O3. The predicted octanol–water partition coefficient (Wildman–Crippen LogP) is 1.58. The summed E-state index contributed by atoms with van der Waals surface area (Å²) >= 11 is 0. The molecular weight excluding hydrogens is 256 g/mol. The maximum atomic E-state index is 10.7. The van der Waals surface area contributed by atoms with Crippen molar-refractivity contribution in [3.05, 3.63) is 29.8 Å². The fraction of sp³-hybridized carbons (Fsp3) is 0.533. The van der Waals surface area contributed by atoms with Crippen LogP contribution in [0.5, 0.6) is 5.75 Å². The zero-order valence-electron chi connectivity index (χ0n) is 11.6. The van der Waals surface area contributed by atoms with Gasteiger partial charge in [-0.1, -0.05) is 0 Å². The number of carbonyl (C=O) groups is 1. The first kappa shape index (κ1) is 14.8. The molecule has 0 amide bonds. The van der Waals surface area contributed by atoms with E-state index in [0.29, 0.717) is 12.6 Å². The van der Waals surface area contributed by atoms with Gasteiger partial charge < -0.3 is 20.5 Å². The van der Waals surface area contributed by atoms with Crippen molar-refractivity contribution in [1.29, 1.82) is 0 Å². The Bertz CT molecular complexity index is 425. The highest BCUT2D eigenvalue weighted by molar-refractivity contribution is 5.87. The second-order valence-electron chi connectivity index (χ2n) is 5.21. The van der Waals surface area contributed by atoms with Crippen LogP contribution >= 0.6 is 0 Å². The lowest BCUT2D eigenvalue weighted by Crippen LogP contribution is -2.40. The molecule has 0 radical (unpaired) electrons. The molecule has 0 aromatic heterocycles. The molecule has 110 valence electrons. The third-order valence-corrected chi connectivity index (χ3v) is 3.62. The first-order valence-electron chi connectivity index (χ1n) is 7.09. The second-order valence-corrected chi connectivity index (χ2v) is 5.21. The third-order valence-electron chi connectivity index (χ3n) is 3.62. The van der Waals surface area contributed by atoms with Crippen LogP contribution in [-0.2, 0) is 0 Å². The highest BCUT2D eigenvalue weighted by Crippen LogP contribution is 2.13. The minimum absolute atomic E-state index is 0.280. The van der Waals surface area contributed by atoms with Gasteiger partial charge in [0.15, 0.2) is 0 Å². The molecule has 0 saturated carbocycles. The number of nitrogens with zero attached hydrogens (tertiary/aromatic N) is 1. The van der Waals surface area contributed by atoms with E-state index in [1.807, 2.05) is 0 Å². The summed E-state index contributed by atoms with van der Waals surface area (Å²) < 4.78 is 5.61. The lowest BCUT2D eigenvalue weighted by molar-refractivity contribution is 0.0697. The maximum absolute atomic E-state index is 10.7. The van der Waals surface area contributed by atoms with Crippen LogP contribution in [0.2, 0.25) is 0 Å². The molecule has 2 rings (SSSR count). The van der Waals surface area contributed by atoms with Gasteiger partial charge in [-0.3, -0.25) is 0 Å². The molecule has 1 saturated heterocycles. The number of nitrogens with two attached hydrogens (primary N) is 1. The zero-order valence-corrected chi connectivity index (χ0v) is 11.6. The van der Waals surface area contributed by atoms with E-state index in [2.05, 4.69) is 4.90 Å². The smallest absolute Gasteiger partial charge is 0.335 e. The van der Waals surface area contributed by atoms with Crippen LogP contribution in [0.4, 0.5) is 0 Å². The number of rotatable bonds is 6. The van der Waals surface area contributed by atoms with Gasteiger partial charge in [-0.05, 0) is 56.6 Å². The number of hydrogen-bond donors (Lipinski definition) is 2. The van der Waals surface area contributed by atoms with Gasteiger partial charge in [-0.2, -0.15) is 0 Å². The van der Waals surface area contributed by atoms with Crippen LogP contribution in [0.1, 0.15) is 29.6 Å². The summed E-state index contributed by atoms with van der Waals surface area (Å²) in [6, 6.07) is 6.88. The van der Waals surface area contributed by atoms with Gasteiger partial charge in [0, 0.05) is 12.6 Å². The second kappa shape index (κ2) is 7.26. The number of carboxylic acid groups (broad SMARTS) is 1. The average Bonchev–Trinajstić information content (AvgIpc) is 2.46. The van der Waals surface area contributed by atoms with Gasteiger partial charge in [0.1, 0.15) is 5.75 Å². The molecule has 5 nitrogen and oxygen atoms in total. The Labute approximate surface area is 119 Å². The Morgan fingerprint density at radius 3 is 2.55 bits per heavy atom. The van der Waals surface area contributed by atoms with E-state index in [-0.39, 0.29) is 5.56 Å². The van der Waals surface area contributed by atoms with Crippen molar-refractivity contribution >= 4 is 5.97 Å². The van der Waals surface area contributed by atoms with Crippen LogP contribution in [0.15, 0.2) is 24.3 Å². The average molecular weight is 278 g/mol. The molecule has 0 unspecified atom stereocenters. The van der Waals surface area contributed by atoms with Crippen LogP contribution in [0, 0.1) is 0 Å². The lowest BCUT2D eigenvalue weighted by Gasteiger charge is -2.29. The Balaban J connectivity index is 1.64. The first-order valence-corrected chi connectivity index (χ1v) is 7.09. The summed E-state index contributed by atoms with van der Waals surface area (Å²) in [5, 5.41) is 8.80. The largest absolute Gasteiger partial charge is 0.494 e. The van der Waals surface area contributed by atoms with E-state index in [9.17, 15) is 4.79 Å². The Kier molecular flexibility index (Phi) is 5.38. The molecule has 1 aliphatic rings. The topological polar surface area (TPSA) is 75.8 Å². The van der Waals surface area contributed by atoms with Crippen molar-refractivity contribution in [2.45, 2.75) is 25.3 Å². The standard InChI is InChI=1S/C15H22N2O3/c16-13-6-9-17(10-7-13)8-1-11-20-14-4-2-12(3-5-14)15(18)19/h2-5,13H,1,6-11,16H2,(H,18,19).